The molecule has 0 aliphatic carbocycles. The predicted molar refractivity (Wildman–Crippen MR) is 105 cm³/mol. The summed E-state index contributed by atoms with van der Waals surface area (Å²) in [6, 6.07) is 4.92. The summed E-state index contributed by atoms with van der Waals surface area (Å²) in [6.07, 6.45) is 0.654. The Labute approximate surface area is 166 Å². The number of hydrogen-bond acceptors (Lipinski definition) is 8. The zero-order valence-corrected chi connectivity index (χ0v) is 17.1. The van der Waals surface area contributed by atoms with Gasteiger partial charge in [0.2, 0.25) is 15.2 Å². The van der Waals surface area contributed by atoms with Crippen LogP contribution in [-0.2, 0) is 26.1 Å². The Hall–Kier alpha value is -2.01. The molecule has 2 unspecified atom stereocenters. The van der Waals surface area contributed by atoms with Gasteiger partial charge in [-0.3, -0.25) is 9.52 Å². The highest BCUT2D eigenvalue weighted by atomic mass is 35.5. The van der Waals surface area contributed by atoms with Gasteiger partial charge >= 0.3 is 5.97 Å². The van der Waals surface area contributed by atoms with Gasteiger partial charge in [-0.2, -0.15) is 0 Å². The Kier molecular flexibility index (Phi) is 6.93. The van der Waals surface area contributed by atoms with E-state index in [1.54, 1.807) is 25.1 Å². The van der Waals surface area contributed by atoms with Gasteiger partial charge in [-0.05, 0) is 24.1 Å². The maximum Gasteiger partial charge on any atom is 0.303 e. The number of carbonyl (C=O) groups is 1. The quantitative estimate of drug-likeness (QED) is 0.487. The number of esters is 1. The summed E-state index contributed by atoms with van der Waals surface area (Å²) in [6.45, 7) is 6.60. The van der Waals surface area contributed by atoms with Crippen LogP contribution in [0.4, 0.5) is 5.13 Å². The number of benzene rings is 1. The SMILES string of the molecule is C=CC(c1cccc(Cl)c1CN)S(=O)(=O)Nc1nnc(C(C)OC(C)=O)s1. The number of nitrogens with zero attached hydrogens (tertiary/aromatic N) is 2. The molecular weight excluding hydrogens is 412 g/mol. The minimum atomic E-state index is -3.95. The molecule has 0 aliphatic rings. The number of ether oxygens (including phenoxy) is 1. The van der Waals surface area contributed by atoms with Crippen molar-refractivity contribution in [2.45, 2.75) is 31.7 Å². The highest BCUT2D eigenvalue weighted by molar-refractivity contribution is 7.93. The number of rotatable bonds is 8. The van der Waals surface area contributed by atoms with E-state index in [1.165, 1.54) is 13.0 Å². The minimum Gasteiger partial charge on any atom is -0.455 e. The van der Waals surface area contributed by atoms with Gasteiger partial charge in [0.1, 0.15) is 5.25 Å². The molecule has 27 heavy (non-hydrogen) atoms. The summed E-state index contributed by atoms with van der Waals surface area (Å²) in [5.41, 5.74) is 6.68. The number of nitrogens with one attached hydrogen (secondary N) is 1. The van der Waals surface area contributed by atoms with Gasteiger partial charge in [-0.15, -0.1) is 16.8 Å². The fourth-order valence-electron chi connectivity index (χ4n) is 2.40. The summed E-state index contributed by atoms with van der Waals surface area (Å²) in [5.74, 6) is -0.471. The van der Waals surface area contributed by atoms with E-state index in [4.69, 9.17) is 22.1 Å². The van der Waals surface area contributed by atoms with Crippen molar-refractivity contribution in [1.29, 1.82) is 0 Å². The zero-order chi connectivity index (χ0) is 20.2. The Morgan fingerprint density at radius 1 is 1.48 bits per heavy atom. The second-order valence-corrected chi connectivity index (χ2v) is 8.73. The van der Waals surface area contributed by atoms with E-state index >= 15 is 0 Å². The van der Waals surface area contributed by atoms with Crippen molar-refractivity contribution >= 4 is 44.1 Å². The number of carbonyl (C=O) groups excluding carboxylic acids is 1. The van der Waals surface area contributed by atoms with Crippen LogP contribution in [0.5, 0.6) is 0 Å². The Morgan fingerprint density at radius 3 is 2.78 bits per heavy atom. The topological polar surface area (TPSA) is 124 Å². The van der Waals surface area contributed by atoms with Gasteiger partial charge in [0.15, 0.2) is 11.1 Å². The fourth-order valence-corrected chi connectivity index (χ4v) is 4.97. The standard InChI is InChI=1S/C16H19ClN4O4S2/c1-4-14(11-6-5-7-13(17)12(11)8-18)27(23,24)21-16-20-19-15(26-16)9(2)25-10(3)22/h4-7,9,14H,1,8,18H2,2-3H3,(H,20,21). The summed E-state index contributed by atoms with van der Waals surface area (Å²) >= 11 is 7.10. The number of nitrogens with two attached hydrogens (primary N) is 1. The van der Waals surface area contributed by atoms with Crippen LogP contribution < -0.4 is 10.5 Å². The summed E-state index contributed by atoms with van der Waals surface area (Å²) in [5, 5.41) is 7.36. The van der Waals surface area contributed by atoms with E-state index in [-0.39, 0.29) is 11.7 Å². The first kappa shape index (κ1) is 21.3. The molecule has 0 saturated heterocycles. The molecule has 146 valence electrons. The number of anilines is 1. The molecule has 8 nitrogen and oxygen atoms in total. The van der Waals surface area contributed by atoms with Crippen molar-refractivity contribution in [2.24, 2.45) is 5.73 Å². The normalized spacial score (nSPS) is 13.6. The molecule has 0 spiro atoms. The third kappa shape index (κ3) is 5.04. The second kappa shape index (κ2) is 8.79. The van der Waals surface area contributed by atoms with Gasteiger partial charge in [-0.1, -0.05) is 41.1 Å². The summed E-state index contributed by atoms with van der Waals surface area (Å²) in [7, 11) is -3.95. The van der Waals surface area contributed by atoms with Crippen LogP contribution in [0.3, 0.4) is 0 Å². The van der Waals surface area contributed by atoms with E-state index in [9.17, 15) is 13.2 Å². The molecule has 0 radical (unpaired) electrons. The lowest BCUT2D eigenvalue weighted by Gasteiger charge is -2.18. The second-order valence-electron chi connectivity index (χ2n) is 5.51. The Bertz CT molecular complexity index is 946. The molecule has 1 heterocycles. The largest absolute Gasteiger partial charge is 0.455 e. The van der Waals surface area contributed by atoms with Crippen molar-refractivity contribution in [3.63, 3.8) is 0 Å². The maximum atomic E-state index is 12.9. The van der Waals surface area contributed by atoms with Crippen molar-refractivity contribution in [3.05, 3.63) is 52.0 Å². The highest BCUT2D eigenvalue weighted by Gasteiger charge is 2.28. The first-order chi connectivity index (χ1) is 12.7. The molecule has 0 amide bonds. The van der Waals surface area contributed by atoms with E-state index < -0.39 is 27.3 Å². The monoisotopic (exact) mass is 430 g/mol. The van der Waals surface area contributed by atoms with Gasteiger partial charge < -0.3 is 10.5 Å². The first-order valence-electron chi connectivity index (χ1n) is 7.81. The van der Waals surface area contributed by atoms with Crippen LogP contribution in [0, 0.1) is 0 Å². The lowest BCUT2D eigenvalue weighted by molar-refractivity contribution is -0.145. The van der Waals surface area contributed by atoms with Gasteiger partial charge in [0.25, 0.3) is 0 Å². The van der Waals surface area contributed by atoms with Crippen LogP contribution in [0.25, 0.3) is 0 Å². The van der Waals surface area contributed by atoms with E-state index in [0.717, 1.165) is 11.3 Å². The molecule has 1 aromatic carbocycles. The number of sulfonamides is 1. The molecule has 11 heteroatoms. The molecule has 2 atom stereocenters. The molecule has 0 bridgehead atoms. The van der Waals surface area contributed by atoms with Crippen LogP contribution in [-0.4, -0.2) is 24.6 Å². The van der Waals surface area contributed by atoms with Gasteiger partial charge in [0, 0.05) is 18.5 Å². The number of aromatic nitrogens is 2. The molecule has 0 aliphatic heterocycles. The van der Waals surface area contributed by atoms with Crippen LogP contribution >= 0.6 is 22.9 Å². The molecule has 0 saturated carbocycles. The van der Waals surface area contributed by atoms with E-state index in [0.29, 0.717) is 21.2 Å². The molecule has 0 fully saturated rings. The van der Waals surface area contributed by atoms with Crippen LogP contribution in [0.15, 0.2) is 30.9 Å². The molecular formula is C16H19ClN4O4S2. The smallest absolute Gasteiger partial charge is 0.303 e. The number of hydrogen-bond donors (Lipinski definition) is 2. The third-order valence-corrected chi connectivity index (χ3v) is 6.65. The lowest BCUT2D eigenvalue weighted by atomic mass is 10.0. The minimum absolute atomic E-state index is 0.0483. The summed E-state index contributed by atoms with van der Waals surface area (Å²) in [4.78, 5) is 11.0. The average Bonchev–Trinajstić information content (AvgIpc) is 3.02. The Balaban J connectivity index is 2.30. The fraction of sp³-hybridized carbons (Fsp3) is 0.312. The van der Waals surface area contributed by atoms with Crippen LogP contribution in [0.2, 0.25) is 5.02 Å². The van der Waals surface area contributed by atoms with E-state index in [1.807, 2.05) is 0 Å². The first-order valence-corrected chi connectivity index (χ1v) is 10.6. The van der Waals surface area contributed by atoms with Gasteiger partial charge in [0.05, 0.1) is 0 Å². The average molecular weight is 431 g/mol. The van der Waals surface area contributed by atoms with E-state index in [2.05, 4.69) is 21.5 Å². The van der Waals surface area contributed by atoms with Crippen molar-refractivity contribution in [1.82, 2.24) is 10.2 Å². The van der Waals surface area contributed by atoms with Crippen molar-refractivity contribution in [3.8, 4) is 0 Å². The number of halogens is 1. The predicted octanol–water partition coefficient (Wildman–Crippen LogP) is 2.94. The Morgan fingerprint density at radius 2 is 2.19 bits per heavy atom. The van der Waals surface area contributed by atoms with Gasteiger partial charge in [-0.25, -0.2) is 8.42 Å². The van der Waals surface area contributed by atoms with Crippen molar-refractivity contribution in [2.75, 3.05) is 4.72 Å². The highest BCUT2D eigenvalue weighted by Crippen LogP contribution is 2.33. The zero-order valence-electron chi connectivity index (χ0n) is 14.7. The van der Waals surface area contributed by atoms with Crippen LogP contribution in [0.1, 0.15) is 41.3 Å². The lowest BCUT2D eigenvalue weighted by Crippen LogP contribution is -2.21. The molecule has 3 N–H and O–H groups in total. The molecule has 2 rings (SSSR count). The maximum absolute atomic E-state index is 12.9. The van der Waals surface area contributed by atoms with Crippen molar-refractivity contribution < 1.29 is 17.9 Å². The third-order valence-electron chi connectivity index (χ3n) is 3.57. The summed E-state index contributed by atoms with van der Waals surface area (Å²) < 4.78 is 33.1. The molecule has 2 aromatic rings. The molecule has 1 aromatic heterocycles.